The van der Waals surface area contributed by atoms with E-state index < -0.39 is 30.4 Å². The SMILES string of the molecule is CC(C)CCCNC(=O)N[C@H](CC(=O)O)C(=O)O. The van der Waals surface area contributed by atoms with Crippen LogP contribution in [0.25, 0.3) is 0 Å². The number of carboxylic acids is 2. The fourth-order valence-electron chi connectivity index (χ4n) is 1.30. The molecule has 0 radical (unpaired) electrons. The van der Waals surface area contributed by atoms with Gasteiger partial charge in [0.25, 0.3) is 0 Å². The summed E-state index contributed by atoms with van der Waals surface area (Å²) in [6.07, 6.45) is 1.11. The highest BCUT2D eigenvalue weighted by Crippen LogP contribution is 2.01. The van der Waals surface area contributed by atoms with E-state index in [1.807, 2.05) is 0 Å². The summed E-state index contributed by atoms with van der Waals surface area (Å²) in [6, 6.07) is -2.07. The normalized spacial score (nSPS) is 11.9. The van der Waals surface area contributed by atoms with Crippen molar-refractivity contribution < 1.29 is 24.6 Å². The Balaban J connectivity index is 3.95. The maximum Gasteiger partial charge on any atom is 0.326 e. The number of aliphatic carboxylic acids is 2. The summed E-state index contributed by atoms with van der Waals surface area (Å²) in [5, 5.41) is 21.8. The molecule has 18 heavy (non-hydrogen) atoms. The van der Waals surface area contributed by atoms with Gasteiger partial charge in [0.15, 0.2) is 0 Å². The Hall–Kier alpha value is -1.79. The number of hydrogen-bond donors (Lipinski definition) is 4. The largest absolute Gasteiger partial charge is 0.481 e. The van der Waals surface area contributed by atoms with Crippen LogP contribution in [0.5, 0.6) is 0 Å². The summed E-state index contributed by atoms with van der Waals surface area (Å²) < 4.78 is 0. The minimum absolute atomic E-state index is 0.434. The van der Waals surface area contributed by atoms with Crippen LogP contribution in [-0.4, -0.2) is 40.8 Å². The lowest BCUT2D eigenvalue weighted by Crippen LogP contribution is -2.47. The predicted octanol–water partition coefficient (Wildman–Crippen LogP) is 0.650. The molecule has 0 fully saturated rings. The molecule has 0 aliphatic heterocycles. The van der Waals surface area contributed by atoms with E-state index in [0.29, 0.717) is 12.5 Å². The molecule has 0 aliphatic rings. The van der Waals surface area contributed by atoms with E-state index in [1.54, 1.807) is 0 Å². The van der Waals surface area contributed by atoms with Gasteiger partial charge in [0.2, 0.25) is 0 Å². The zero-order valence-corrected chi connectivity index (χ0v) is 10.6. The fraction of sp³-hybridized carbons (Fsp3) is 0.727. The zero-order valence-electron chi connectivity index (χ0n) is 10.6. The molecule has 0 saturated carbocycles. The first-order chi connectivity index (χ1) is 8.32. The number of carbonyl (C=O) groups is 3. The van der Waals surface area contributed by atoms with E-state index in [-0.39, 0.29) is 0 Å². The molecular weight excluding hydrogens is 240 g/mol. The van der Waals surface area contributed by atoms with Crippen LogP contribution in [0.4, 0.5) is 4.79 Å². The summed E-state index contributed by atoms with van der Waals surface area (Å²) in [5.41, 5.74) is 0. The van der Waals surface area contributed by atoms with E-state index in [9.17, 15) is 14.4 Å². The fourth-order valence-corrected chi connectivity index (χ4v) is 1.30. The number of hydrogen-bond acceptors (Lipinski definition) is 3. The summed E-state index contributed by atoms with van der Waals surface area (Å²) in [7, 11) is 0. The highest BCUT2D eigenvalue weighted by atomic mass is 16.4. The van der Waals surface area contributed by atoms with Crippen molar-refractivity contribution in [2.45, 2.75) is 39.2 Å². The Morgan fingerprint density at radius 2 is 1.78 bits per heavy atom. The molecule has 0 spiro atoms. The summed E-state index contributed by atoms with van der Waals surface area (Å²) in [5.74, 6) is -2.11. The Labute approximate surface area is 106 Å². The minimum atomic E-state index is -1.41. The zero-order chi connectivity index (χ0) is 14.1. The third-order valence-corrected chi connectivity index (χ3v) is 2.23. The highest BCUT2D eigenvalue weighted by molar-refractivity contribution is 5.86. The second-order valence-corrected chi connectivity index (χ2v) is 4.42. The Morgan fingerprint density at radius 1 is 1.17 bits per heavy atom. The van der Waals surface area contributed by atoms with Crippen molar-refractivity contribution in [3.8, 4) is 0 Å². The maximum absolute atomic E-state index is 11.3. The number of carboxylic acid groups (broad SMARTS) is 2. The van der Waals surface area contributed by atoms with Gasteiger partial charge < -0.3 is 20.8 Å². The topological polar surface area (TPSA) is 116 Å². The molecule has 0 unspecified atom stereocenters. The van der Waals surface area contributed by atoms with Crippen LogP contribution in [0.3, 0.4) is 0 Å². The molecule has 0 saturated heterocycles. The second kappa shape index (κ2) is 8.32. The van der Waals surface area contributed by atoms with Crippen LogP contribution >= 0.6 is 0 Å². The van der Waals surface area contributed by atoms with Crippen molar-refractivity contribution in [2.75, 3.05) is 6.54 Å². The van der Waals surface area contributed by atoms with Gasteiger partial charge in [0, 0.05) is 6.54 Å². The Kier molecular flexibility index (Phi) is 7.50. The predicted molar refractivity (Wildman–Crippen MR) is 64.3 cm³/mol. The molecule has 0 aromatic carbocycles. The molecule has 0 rings (SSSR count). The first-order valence-corrected chi connectivity index (χ1v) is 5.82. The van der Waals surface area contributed by atoms with Crippen LogP contribution in [0.15, 0.2) is 0 Å². The number of nitrogens with one attached hydrogen (secondary N) is 2. The maximum atomic E-state index is 11.3. The van der Waals surface area contributed by atoms with Gasteiger partial charge >= 0.3 is 18.0 Å². The first kappa shape index (κ1) is 16.2. The van der Waals surface area contributed by atoms with Crippen molar-refractivity contribution in [3.63, 3.8) is 0 Å². The smallest absolute Gasteiger partial charge is 0.326 e. The Bertz CT molecular complexity index is 304. The van der Waals surface area contributed by atoms with Gasteiger partial charge in [0.1, 0.15) is 6.04 Å². The van der Waals surface area contributed by atoms with Crippen molar-refractivity contribution in [1.82, 2.24) is 10.6 Å². The lowest BCUT2D eigenvalue weighted by Gasteiger charge is -2.13. The molecule has 0 heterocycles. The molecule has 104 valence electrons. The van der Waals surface area contributed by atoms with Crippen molar-refractivity contribution in [3.05, 3.63) is 0 Å². The van der Waals surface area contributed by atoms with Gasteiger partial charge in [-0.25, -0.2) is 9.59 Å². The van der Waals surface area contributed by atoms with Crippen LogP contribution in [0.2, 0.25) is 0 Å². The third kappa shape index (κ3) is 8.37. The molecule has 2 amide bonds. The molecule has 1 atom stereocenters. The lowest BCUT2D eigenvalue weighted by molar-refractivity contribution is -0.145. The molecule has 4 N–H and O–H groups in total. The van der Waals surface area contributed by atoms with Crippen LogP contribution in [0, 0.1) is 5.92 Å². The minimum Gasteiger partial charge on any atom is -0.481 e. The summed E-state index contributed by atoms with van der Waals surface area (Å²) in [4.78, 5) is 32.4. The van der Waals surface area contributed by atoms with E-state index in [0.717, 1.165) is 12.8 Å². The summed E-state index contributed by atoms with van der Waals surface area (Å²) >= 11 is 0. The van der Waals surface area contributed by atoms with E-state index in [4.69, 9.17) is 10.2 Å². The molecule has 7 heteroatoms. The number of rotatable bonds is 8. The van der Waals surface area contributed by atoms with Crippen LogP contribution in [-0.2, 0) is 9.59 Å². The molecular formula is C11H20N2O5. The van der Waals surface area contributed by atoms with Gasteiger partial charge in [-0.3, -0.25) is 4.79 Å². The van der Waals surface area contributed by atoms with Crippen molar-refractivity contribution in [1.29, 1.82) is 0 Å². The third-order valence-electron chi connectivity index (χ3n) is 2.23. The van der Waals surface area contributed by atoms with Crippen molar-refractivity contribution in [2.24, 2.45) is 5.92 Å². The van der Waals surface area contributed by atoms with Gasteiger partial charge in [-0.15, -0.1) is 0 Å². The standard InChI is InChI=1S/C11H20N2O5/c1-7(2)4-3-5-12-11(18)13-8(10(16)17)6-9(14)15/h7-8H,3-6H2,1-2H3,(H,14,15)(H,16,17)(H2,12,13,18)/t8-/m1/s1. The van der Waals surface area contributed by atoms with Gasteiger partial charge in [-0.2, -0.15) is 0 Å². The Morgan fingerprint density at radius 3 is 2.22 bits per heavy atom. The number of carbonyl (C=O) groups excluding carboxylic acids is 1. The number of amides is 2. The molecule has 0 aromatic rings. The van der Waals surface area contributed by atoms with Gasteiger partial charge in [0.05, 0.1) is 6.42 Å². The van der Waals surface area contributed by atoms with E-state index >= 15 is 0 Å². The average Bonchev–Trinajstić information content (AvgIpc) is 2.22. The van der Waals surface area contributed by atoms with Crippen LogP contribution < -0.4 is 10.6 Å². The van der Waals surface area contributed by atoms with Gasteiger partial charge in [-0.1, -0.05) is 13.8 Å². The van der Waals surface area contributed by atoms with Crippen molar-refractivity contribution >= 4 is 18.0 Å². The molecule has 0 bridgehead atoms. The lowest BCUT2D eigenvalue weighted by atomic mass is 10.1. The molecule has 7 nitrogen and oxygen atoms in total. The number of urea groups is 1. The van der Waals surface area contributed by atoms with Crippen LogP contribution in [0.1, 0.15) is 33.1 Å². The quantitative estimate of drug-likeness (QED) is 0.478. The monoisotopic (exact) mass is 260 g/mol. The van der Waals surface area contributed by atoms with Gasteiger partial charge in [-0.05, 0) is 18.8 Å². The summed E-state index contributed by atoms with van der Waals surface area (Å²) in [6.45, 7) is 4.56. The average molecular weight is 260 g/mol. The second-order valence-electron chi connectivity index (χ2n) is 4.42. The highest BCUT2D eigenvalue weighted by Gasteiger charge is 2.22. The van der Waals surface area contributed by atoms with E-state index in [1.165, 1.54) is 0 Å². The molecule has 0 aromatic heterocycles. The van der Waals surface area contributed by atoms with E-state index in [2.05, 4.69) is 24.5 Å². The first-order valence-electron chi connectivity index (χ1n) is 5.82. The molecule has 0 aliphatic carbocycles.